The second-order valence-electron chi connectivity index (χ2n) is 4.68. The van der Waals surface area contributed by atoms with Gasteiger partial charge in [-0.2, -0.15) is 5.10 Å². The third-order valence-electron chi connectivity index (χ3n) is 3.22. The first-order chi connectivity index (χ1) is 9.22. The Morgan fingerprint density at radius 3 is 2.63 bits per heavy atom. The average Bonchev–Trinajstić information content (AvgIpc) is 2.73. The molecule has 0 saturated heterocycles. The molecule has 3 nitrogen and oxygen atoms in total. The van der Waals surface area contributed by atoms with Gasteiger partial charge in [-0.05, 0) is 31.0 Å². The van der Waals surface area contributed by atoms with E-state index in [1.165, 1.54) is 11.1 Å². The zero-order valence-corrected chi connectivity index (χ0v) is 12.2. The molecule has 4 heteroatoms. The zero-order valence-electron chi connectivity index (χ0n) is 11.5. The molecule has 0 spiro atoms. The van der Waals surface area contributed by atoms with E-state index in [0.717, 1.165) is 36.8 Å². The van der Waals surface area contributed by atoms with Crippen LogP contribution in [0.5, 0.6) is 0 Å². The predicted molar refractivity (Wildman–Crippen MR) is 79.5 cm³/mol. The number of nitrogens with one attached hydrogen (secondary N) is 1. The Hall–Kier alpha value is -1.32. The van der Waals surface area contributed by atoms with Gasteiger partial charge in [0.2, 0.25) is 0 Å². The fourth-order valence-electron chi connectivity index (χ4n) is 2.03. The van der Waals surface area contributed by atoms with Crippen LogP contribution in [-0.4, -0.2) is 16.3 Å². The molecule has 0 radical (unpaired) electrons. The molecular formula is C15H20ClN3. The maximum absolute atomic E-state index is 6.04. The van der Waals surface area contributed by atoms with Crippen molar-refractivity contribution in [3.8, 4) is 0 Å². The van der Waals surface area contributed by atoms with Crippen LogP contribution in [0, 0.1) is 6.92 Å². The average molecular weight is 278 g/mol. The van der Waals surface area contributed by atoms with Gasteiger partial charge in [0.05, 0.1) is 23.5 Å². The van der Waals surface area contributed by atoms with Crippen molar-refractivity contribution in [3.05, 3.63) is 52.3 Å². The van der Waals surface area contributed by atoms with Crippen molar-refractivity contribution in [1.82, 2.24) is 15.1 Å². The molecular weight excluding hydrogens is 258 g/mol. The van der Waals surface area contributed by atoms with Gasteiger partial charge in [-0.15, -0.1) is 0 Å². The summed E-state index contributed by atoms with van der Waals surface area (Å²) in [4.78, 5) is 0. The molecule has 0 atom stereocenters. The van der Waals surface area contributed by atoms with Crippen LogP contribution in [0.2, 0.25) is 5.02 Å². The van der Waals surface area contributed by atoms with E-state index in [2.05, 4.69) is 41.6 Å². The van der Waals surface area contributed by atoms with Crippen LogP contribution in [0.1, 0.15) is 30.2 Å². The maximum atomic E-state index is 6.04. The molecule has 1 heterocycles. The molecule has 19 heavy (non-hydrogen) atoms. The summed E-state index contributed by atoms with van der Waals surface area (Å²) in [6.07, 6.45) is 2.85. The Balaban J connectivity index is 2.13. The lowest BCUT2D eigenvalue weighted by molar-refractivity contribution is 0.640. The summed E-state index contributed by atoms with van der Waals surface area (Å²) in [5.74, 6) is 0. The number of halogens is 1. The number of hydrogen-bond acceptors (Lipinski definition) is 2. The van der Waals surface area contributed by atoms with Crippen molar-refractivity contribution in [3.63, 3.8) is 0 Å². The molecule has 102 valence electrons. The molecule has 0 amide bonds. The molecule has 0 bridgehead atoms. The maximum Gasteiger partial charge on any atom is 0.0815 e. The third kappa shape index (κ3) is 3.58. The van der Waals surface area contributed by atoms with E-state index in [1.807, 2.05) is 11.6 Å². The summed E-state index contributed by atoms with van der Waals surface area (Å²) in [7, 11) is 0. The first-order valence-electron chi connectivity index (χ1n) is 6.67. The van der Waals surface area contributed by atoms with Gasteiger partial charge in [0.15, 0.2) is 0 Å². The van der Waals surface area contributed by atoms with Crippen molar-refractivity contribution in [1.29, 1.82) is 0 Å². The number of nitrogens with zero attached hydrogens (tertiary/aromatic N) is 2. The Morgan fingerprint density at radius 1 is 1.26 bits per heavy atom. The normalized spacial score (nSPS) is 10.9. The second-order valence-corrected chi connectivity index (χ2v) is 5.09. The van der Waals surface area contributed by atoms with Gasteiger partial charge in [0, 0.05) is 6.54 Å². The van der Waals surface area contributed by atoms with Gasteiger partial charge in [-0.25, -0.2) is 0 Å². The Morgan fingerprint density at radius 2 is 2.00 bits per heavy atom. The summed E-state index contributed by atoms with van der Waals surface area (Å²) in [6, 6.07) is 8.46. The van der Waals surface area contributed by atoms with E-state index in [9.17, 15) is 0 Å². The van der Waals surface area contributed by atoms with Crippen LogP contribution in [0.4, 0.5) is 0 Å². The van der Waals surface area contributed by atoms with Crippen LogP contribution >= 0.6 is 11.6 Å². The topological polar surface area (TPSA) is 29.9 Å². The minimum absolute atomic E-state index is 0.724. The van der Waals surface area contributed by atoms with E-state index in [0.29, 0.717) is 0 Å². The highest BCUT2D eigenvalue weighted by atomic mass is 35.5. The monoisotopic (exact) mass is 277 g/mol. The fourth-order valence-corrected chi connectivity index (χ4v) is 2.17. The van der Waals surface area contributed by atoms with Crippen molar-refractivity contribution in [2.24, 2.45) is 0 Å². The molecule has 0 aliphatic heterocycles. The molecule has 0 unspecified atom stereocenters. The van der Waals surface area contributed by atoms with Crippen molar-refractivity contribution < 1.29 is 0 Å². The molecule has 0 fully saturated rings. The molecule has 0 aliphatic rings. The van der Waals surface area contributed by atoms with Gasteiger partial charge in [-0.3, -0.25) is 4.68 Å². The summed E-state index contributed by atoms with van der Waals surface area (Å²) < 4.78 is 1.95. The lowest BCUT2D eigenvalue weighted by atomic mass is 10.1. The molecule has 0 aliphatic carbocycles. The van der Waals surface area contributed by atoms with Gasteiger partial charge in [0.1, 0.15) is 0 Å². The molecule has 0 saturated carbocycles. The second kappa shape index (κ2) is 6.73. The first kappa shape index (κ1) is 14.1. The summed E-state index contributed by atoms with van der Waals surface area (Å²) in [5.41, 5.74) is 3.62. The van der Waals surface area contributed by atoms with E-state index in [1.54, 1.807) is 6.20 Å². The lowest BCUT2D eigenvalue weighted by Gasteiger charge is -2.11. The highest BCUT2D eigenvalue weighted by Crippen LogP contribution is 2.16. The number of benzene rings is 1. The Kier molecular flexibility index (Phi) is 5.00. The van der Waals surface area contributed by atoms with Crippen LogP contribution in [0.15, 0.2) is 30.5 Å². The van der Waals surface area contributed by atoms with Crippen LogP contribution in [0.3, 0.4) is 0 Å². The van der Waals surface area contributed by atoms with Gasteiger partial charge < -0.3 is 5.32 Å². The van der Waals surface area contributed by atoms with Crippen LogP contribution < -0.4 is 5.32 Å². The van der Waals surface area contributed by atoms with Crippen molar-refractivity contribution in [2.75, 3.05) is 6.54 Å². The third-order valence-corrected chi connectivity index (χ3v) is 3.60. The lowest BCUT2D eigenvalue weighted by Crippen LogP contribution is -2.16. The quantitative estimate of drug-likeness (QED) is 0.820. The van der Waals surface area contributed by atoms with E-state index < -0.39 is 0 Å². The Labute approximate surface area is 119 Å². The standard InChI is InChI=1S/C15H20ClN3/c1-3-8-17-9-13-6-4-5-7-14(13)11-19-12(2)15(16)10-18-19/h4-7,10,17H,3,8-9,11H2,1-2H3. The fraction of sp³-hybridized carbons (Fsp3) is 0.400. The predicted octanol–water partition coefficient (Wildman–Crippen LogP) is 3.39. The summed E-state index contributed by atoms with van der Waals surface area (Å²) in [5, 5.41) is 8.48. The smallest absolute Gasteiger partial charge is 0.0815 e. The number of hydrogen-bond donors (Lipinski definition) is 1. The minimum Gasteiger partial charge on any atom is -0.313 e. The van der Waals surface area contributed by atoms with Crippen molar-refractivity contribution >= 4 is 11.6 Å². The Bertz CT molecular complexity index is 534. The zero-order chi connectivity index (χ0) is 13.7. The number of aromatic nitrogens is 2. The number of rotatable bonds is 6. The van der Waals surface area contributed by atoms with E-state index >= 15 is 0 Å². The largest absolute Gasteiger partial charge is 0.313 e. The molecule has 2 aromatic rings. The molecule has 1 N–H and O–H groups in total. The SMILES string of the molecule is CCCNCc1ccccc1Cn1ncc(Cl)c1C. The summed E-state index contributed by atoms with van der Waals surface area (Å²) >= 11 is 6.04. The van der Waals surface area contributed by atoms with E-state index in [-0.39, 0.29) is 0 Å². The van der Waals surface area contributed by atoms with Gasteiger partial charge in [0.25, 0.3) is 0 Å². The molecule has 2 rings (SSSR count). The molecule has 1 aromatic carbocycles. The summed E-state index contributed by atoms with van der Waals surface area (Å²) in [6.45, 7) is 6.88. The van der Waals surface area contributed by atoms with Gasteiger partial charge in [-0.1, -0.05) is 42.8 Å². The molecule has 1 aromatic heterocycles. The van der Waals surface area contributed by atoms with E-state index in [4.69, 9.17) is 11.6 Å². The van der Waals surface area contributed by atoms with Crippen molar-refractivity contribution in [2.45, 2.75) is 33.4 Å². The van der Waals surface area contributed by atoms with Crippen LogP contribution in [0.25, 0.3) is 0 Å². The minimum atomic E-state index is 0.724. The van der Waals surface area contributed by atoms with Crippen LogP contribution in [-0.2, 0) is 13.1 Å². The highest BCUT2D eigenvalue weighted by molar-refractivity contribution is 6.31. The van der Waals surface area contributed by atoms with Gasteiger partial charge >= 0.3 is 0 Å². The first-order valence-corrected chi connectivity index (χ1v) is 7.05. The highest BCUT2D eigenvalue weighted by Gasteiger charge is 2.07.